The maximum atomic E-state index is 12.3. The van der Waals surface area contributed by atoms with Gasteiger partial charge in [0.2, 0.25) is 11.8 Å². The first-order valence-electron chi connectivity index (χ1n) is 6.49. The van der Waals surface area contributed by atoms with E-state index in [1.54, 1.807) is 18.0 Å². The van der Waals surface area contributed by atoms with E-state index in [4.69, 9.17) is 0 Å². The van der Waals surface area contributed by atoms with Gasteiger partial charge in [0, 0.05) is 19.4 Å². The normalized spacial score (nSPS) is 23.9. The molecule has 0 aromatic carbocycles. The van der Waals surface area contributed by atoms with Crippen molar-refractivity contribution in [1.82, 2.24) is 19.8 Å². The van der Waals surface area contributed by atoms with Crippen LogP contribution in [0.4, 0.5) is 0 Å². The van der Waals surface area contributed by atoms with Gasteiger partial charge in [-0.3, -0.25) is 9.59 Å². The summed E-state index contributed by atoms with van der Waals surface area (Å²) in [7, 11) is 1.88. The van der Waals surface area contributed by atoms with Crippen LogP contribution in [-0.2, 0) is 23.2 Å². The number of imidazole rings is 1. The lowest BCUT2D eigenvalue weighted by Gasteiger charge is -2.39. The zero-order valence-corrected chi connectivity index (χ0v) is 11.8. The maximum absolute atomic E-state index is 12.3. The van der Waals surface area contributed by atoms with Gasteiger partial charge in [-0.2, -0.15) is 0 Å². The van der Waals surface area contributed by atoms with E-state index in [1.165, 1.54) is 0 Å². The molecule has 0 spiro atoms. The van der Waals surface area contributed by atoms with Crippen LogP contribution in [0, 0.1) is 5.92 Å². The highest BCUT2D eigenvalue weighted by Crippen LogP contribution is 2.19. The second-order valence-electron chi connectivity index (χ2n) is 5.34. The molecule has 2 heterocycles. The van der Waals surface area contributed by atoms with E-state index in [-0.39, 0.29) is 17.7 Å². The summed E-state index contributed by atoms with van der Waals surface area (Å²) in [5, 5.41) is 2.73. The van der Waals surface area contributed by atoms with Gasteiger partial charge in [0.1, 0.15) is 17.9 Å². The minimum Gasteiger partial charge on any atom is -0.343 e. The highest BCUT2D eigenvalue weighted by molar-refractivity contribution is 5.96. The predicted octanol–water partition coefficient (Wildman–Crippen LogP) is 0.292. The largest absolute Gasteiger partial charge is 0.343 e. The molecule has 0 aliphatic carbocycles. The average Bonchev–Trinajstić information content (AvgIpc) is 2.71. The fourth-order valence-electron chi connectivity index (χ4n) is 2.43. The molecule has 1 saturated heterocycles. The number of rotatable bonds is 3. The fourth-order valence-corrected chi connectivity index (χ4v) is 2.43. The van der Waals surface area contributed by atoms with Gasteiger partial charge in [0.05, 0.1) is 6.54 Å². The molecule has 2 atom stereocenters. The van der Waals surface area contributed by atoms with Crippen molar-refractivity contribution in [3.05, 3.63) is 18.2 Å². The lowest BCUT2D eigenvalue weighted by atomic mass is 9.97. The molecule has 1 aromatic rings. The Balaban J connectivity index is 2.29. The van der Waals surface area contributed by atoms with Gasteiger partial charge in [-0.05, 0) is 12.8 Å². The number of hydrogen-bond acceptors (Lipinski definition) is 3. The van der Waals surface area contributed by atoms with E-state index in [0.717, 1.165) is 5.82 Å². The highest BCUT2D eigenvalue weighted by atomic mass is 16.2. The second kappa shape index (κ2) is 5.03. The van der Waals surface area contributed by atoms with Crippen molar-refractivity contribution in [2.45, 2.75) is 39.4 Å². The van der Waals surface area contributed by atoms with E-state index in [0.29, 0.717) is 6.54 Å². The zero-order chi connectivity index (χ0) is 14.2. The molecule has 0 saturated carbocycles. The summed E-state index contributed by atoms with van der Waals surface area (Å²) < 4.78 is 1.86. The summed E-state index contributed by atoms with van der Waals surface area (Å²) in [6.07, 6.45) is 3.52. The van der Waals surface area contributed by atoms with Crippen molar-refractivity contribution in [1.29, 1.82) is 0 Å². The predicted molar refractivity (Wildman–Crippen MR) is 70.0 cm³/mol. The van der Waals surface area contributed by atoms with E-state index < -0.39 is 12.1 Å². The highest BCUT2D eigenvalue weighted by Gasteiger charge is 2.40. The molecule has 1 aliphatic heterocycles. The van der Waals surface area contributed by atoms with Crippen LogP contribution in [0.15, 0.2) is 12.4 Å². The van der Waals surface area contributed by atoms with Crippen molar-refractivity contribution in [2.75, 3.05) is 0 Å². The molecule has 0 radical (unpaired) electrons. The topological polar surface area (TPSA) is 67.2 Å². The summed E-state index contributed by atoms with van der Waals surface area (Å²) >= 11 is 0. The molecule has 2 rings (SSSR count). The average molecular weight is 264 g/mol. The Hall–Kier alpha value is -1.85. The molecule has 6 heteroatoms. The number of hydrogen-bond donors (Lipinski definition) is 1. The quantitative estimate of drug-likeness (QED) is 0.853. The molecule has 2 amide bonds. The number of nitrogens with zero attached hydrogens (tertiary/aromatic N) is 3. The number of amides is 2. The van der Waals surface area contributed by atoms with Gasteiger partial charge < -0.3 is 14.8 Å². The summed E-state index contributed by atoms with van der Waals surface area (Å²) in [6.45, 7) is 5.96. The Morgan fingerprint density at radius 2 is 2.11 bits per heavy atom. The lowest BCUT2D eigenvalue weighted by Crippen LogP contribution is -2.63. The van der Waals surface area contributed by atoms with Crippen molar-refractivity contribution in [2.24, 2.45) is 13.0 Å². The van der Waals surface area contributed by atoms with Crippen LogP contribution in [0.1, 0.15) is 26.6 Å². The molecule has 104 valence electrons. The first-order valence-corrected chi connectivity index (χ1v) is 6.49. The molecule has 1 N–H and O–H groups in total. The minimum atomic E-state index is -0.470. The number of carbonyl (C=O) groups excluding carboxylic acids is 2. The van der Waals surface area contributed by atoms with Gasteiger partial charge in [0.25, 0.3) is 0 Å². The van der Waals surface area contributed by atoms with Crippen LogP contribution in [-0.4, -0.2) is 38.3 Å². The summed E-state index contributed by atoms with van der Waals surface area (Å²) in [5.74, 6) is 0.704. The molecule has 1 fully saturated rings. The molecule has 1 aromatic heterocycles. The molecule has 19 heavy (non-hydrogen) atoms. The molecule has 2 unspecified atom stereocenters. The standard InChI is InChI=1S/C13H20N4O2/c1-8(2)11-12(18)15-9(3)13(19)17(11)7-10-14-5-6-16(10)4/h5-6,8-9,11H,7H2,1-4H3,(H,15,18). The molecule has 6 nitrogen and oxygen atoms in total. The molecular weight excluding hydrogens is 244 g/mol. The summed E-state index contributed by atoms with van der Waals surface area (Å²) in [4.78, 5) is 30.2. The van der Waals surface area contributed by atoms with Gasteiger partial charge in [-0.25, -0.2) is 4.98 Å². The molecular formula is C13H20N4O2. The van der Waals surface area contributed by atoms with Crippen molar-refractivity contribution < 1.29 is 9.59 Å². The molecule has 0 bridgehead atoms. The Morgan fingerprint density at radius 1 is 1.42 bits per heavy atom. The van der Waals surface area contributed by atoms with E-state index in [2.05, 4.69) is 10.3 Å². The van der Waals surface area contributed by atoms with Crippen LogP contribution in [0.3, 0.4) is 0 Å². The van der Waals surface area contributed by atoms with Crippen LogP contribution in [0.5, 0.6) is 0 Å². The Bertz CT molecular complexity index is 495. The van der Waals surface area contributed by atoms with Crippen molar-refractivity contribution >= 4 is 11.8 Å². The number of carbonyl (C=O) groups is 2. The van der Waals surface area contributed by atoms with E-state index in [9.17, 15) is 9.59 Å². The third-order valence-electron chi connectivity index (χ3n) is 3.48. The first kappa shape index (κ1) is 13.6. The van der Waals surface area contributed by atoms with Crippen molar-refractivity contribution in [3.8, 4) is 0 Å². The third-order valence-corrected chi connectivity index (χ3v) is 3.48. The van der Waals surface area contributed by atoms with Crippen molar-refractivity contribution in [3.63, 3.8) is 0 Å². The minimum absolute atomic E-state index is 0.0544. The Labute approximate surface area is 112 Å². The number of aromatic nitrogens is 2. The SMILES string of the molecule is CC1NC(=O)C(C(C)C)N(Cc2nccn2C)C1=O. The van der Waals surface area contributed by atoms with Crippen LogP contribution in [0.2, 0.25) is 0 Å². The van der Waals surface area contributed by atoms with E-state index in [1.807, 2.05) is 31.7 Å². The summed E-state index contributed by atoms with van der Waals surface area (Å²) in [5.41, 5.74) is 0. The Kier molecular flexibility index (Phi) is 3.59. The third kappa shape index (κ3) is 2.47. The summed E-state index contributed by atoms with van der Waals surface area (Å²) in [6, 6.07) is -0.900. The lowest BCUT2D eigenvalue weighted by molar-refractivity contribution is -0.151. The monoisotopic (exact) mass is 264 g/mol. The van der Waals surface area contributed by atoms with Crippen LogP contribution >= 0.6 is 0 Å². The fraction of sp³-hybridized carbons (Fsp3) is 0.615. The second-order valence-corrected chi connectivity index (χ2v) is 5.34. The zero-order valence-electron chi connectivity index (χ0n) is 11.8. The Morgan fingerprint density at radius 3 is 2.63 bits per heavy atom. The first-order chi connectivity index (χ1) is 8.91. The maximum Gasteiger partial charge on any atom is 0.245 e. The van der Waals surface area contributed by atoms with Gasteiger partial charge >= 0.3 is 0 Å². The van der Waals surface area contributed by atoms with Crippen LogP contribution < -0.4 is 5.32 Å². The van der Waals surface area contributed by atoms with Crippen LogP contribution in [0.25, 0.3) is 0 Å². The van der Waals surface area contributed by atoms with Gasteiger partial charge in [-0.15, -0.1) is 0 Å². The number of aryl methyl sites for hydroxylation is 1. The van der Waals surface area contributed by atoms with Gasteiger partial charge in [0.15, 0.2) is 0 Å². The van der Waals surface area contributed by atoms with E-state index >= 15 is 0 Å². The van der Waals surface area contributed by atoms with Gasteiger partial charge in [-0.1, -0.05) is 13.8 Å². The number of nitrogens with one attached hydrogen (secondary N) is 1. The number of piperazine rings is 1. The smallest absolute Gasteiger partial charge is 0.245 e. The molecule has 1 aliphatic rings.